The highest BCUT2D eigenvalue weighted by molar-refractivity contribution is 7.91. The highest BCUT2D eigenvalue weighted by Gasteiger charge is 2.63. The van der Waals surface area contributed by atoms with Gasteiger partial charge in [-0.1, -0.05) is 65.2 Å². The van der Waals surface area contributed by atoms with Crippen LogP contribution in [0.4, 0.5) is 8.78 Å². The fourth-order valence-electron chi connectivity index (χ4n) is 7.92. The summed E-state index contributed by atoms with van der Waals surface area (Å²) in [6, 6.07) is 3.77. The number of aliphatic hydroxyl groups is 2. The van der Waals surface area contributed by atoms with E-state index in [1.807, 2.05) is 0 Å². The minimum Gasteiger partial charge on any atom is -0.468 e. The molecule has 5 atom stereocenters. The van der Waals surface area contributed by atoms with Crippen LogP contribution in [0.2, 0.25) is 0 Å². The van der Waals surface area contributed by atoms with Crippen LogP contribution in [-0.2, 0) is 35.1 Å². The lowest BCUT2D eigenvalue weighted by Crippen LogP contribution is -2.60. The fraction of sp³-hybridized carbons (Fsp3) is 0.667. The third-order valence-corrected chi connectivity index (χ3v) is 13.1. The molecule has 0 radical (unpaired) electrons. The average Bonchev–Trinajstić information content (AvgIpc) is 4.02. The summed E-state index contributed by atoms with van der Waals surface area (Å²) in [4.78, 5) is 52.2. The molecule has 5 N–H and O–H groups in total. The molecule has 3 aliphatic carbocycles. The molecule has 1 saturated heterocycles. The predicted molar refractivity (Wildman–Crippen MR) is 204 cm³/mol. The Morgan fingerprint density at radius 2 is 1.70 bits per heavy atom. The molecular formula is C39H54F2N6O9S. The van der Waals surface area contributed by atoms with Gasteiger partial charge in [-0.2, -0.15) is 8.78 Å². The van der Waals surface area contributed by atoms with Gasteiger partial charge in [0.1, 0.15) is 17.2 Å². The SMILES string of the molecule is CC[C@@H]1C[C@]1(NC(=O)[C@@H]1C[C@@](C)(Oc2nc3ccccc3nc2C(F)(F)/C=C/COC2CCCC2)CN1C(=O)[C@@H](NC(O)O)C(C)(C)C)C(=O)NS(=O)(=O)C1CC1. The van der Waals surface area contributed by atoms with Crippen molar-refractivity contribution in [2.24, 2.45) is 11.3 Å². The van der Waals surface area contributed by atoms with Gasteiger partial charge in [0.25, 0.3) is 5.91 Å². The molecule has 1 aromatic carbocycles. The molecule has 15 nitrogen and oxygen atoms in total. The number of nitrogens with one attached hydrogen (secondary N) is 3. The van der Waals surface area contributed by atoms with E-state index in [2.05, 4.69) is 25.3 Å². The van der Waals surface area contributed by atoms with Crippen LogP contribution in [0.15, 0.2) is 36.4 Å². The molecule has 1 aromatic heterocycles. The summed E-state index contributed by atoms with van der Waals surface area (Å²) < 4.78 is 72.0. The van der Waals surface area contributed by atoms with Gasteiger partial charge in [-0.25, -0.2) is 18.4 Å². The van der Waals surface area contributed by atoms with Crippen molar-refractivity contribution in [2.75, 3.05) is 13.2 Å². The van der Waals surface area contributed by atoms with Crippen molar-refractivity contribution in [3.05, 3.63) is 42.1 Å². The molecule has 1 aliphatic heterocycles. The molecule has 0 spiro atoms. The summed E-state index contributed by atoms with van der Waals surface area (Å²) in [5.41, 5.74) is -4.42. The number of hydrogen-bond donors (Lipinski definition) is 5. The van der Waals surface area contributed by atoms with Gasteiger partial charge in [0.2, 0.25) is 34.1 Å². The van der Waals surface area contributed by atoms with Gasteiger partial charge in [-0.15, -0.1) is 0 Å². The predicted octanol–water partition coefficient (Wildman–Crippen LogP) is 3.14. The molecule has 4 aliphatic rings. The van der Waals surface area contributed by atoms with Crippen LogP contribution in [0.25, 0.3) is 11.0 Å². The second-order valence-electron chi connectivity index (χ2n) is 17.2. The number of allylic oxidation sites excluding steroid dienone is 1. The summed E-state index contributed by atoms with van der Waals surface area (Å²) in [7, 11) is -3.95. The summed E-state index contributed by atoms with van der Waals surface area (Å²) in [5, 5.41) is 24.2. The van der Waals surface area contributed by atoms with Crippen molar-refractivity contribution < 1.29 is 51.3 Å². The summed E-state index contributed by atoms with van der Waals surface area (Å²) >= 11 is 0. The maximum atomic E-state index is 16.1. The molecule has 4 fully saturated rings. The number of likely N-dealkylation sites (tertiary alicyclic amines) is 1. The first-order valence-electron chi connectivity index (χ1n) is 19.6. The number of fused-ring (bicyclic) bond motifs is 1. The number of ether oxygens (including phenoxy) is 2. The van der Waals surface area contributed by atoms with Crippen molar-refractivity contribution in [3.8, 4) is 5.88 Å². The topological polar surface area (TPSA) is 209 Å². The second-order valence-corrected chi connectivity index (χ2v) is 19.1. The Balaban J connectivity index is 1.32. The third kappa shape index (κ3) is 9.56. The highest BCUT2D eigenvalue weighted by atomic mass is 32.2. The Bertz CT molecular complexity index is 1990. The van der Waals surface area contributed by atoms with E-state index in [4.69, 9.17) is 9.47 Å². The average molecular weight is 821 g/mol. The van der Waals surface area contributed by atoms with Crippen LogP contribution in [0.3, 0.4) is 0 Å². The van der Waals surface area contributed by atoms with E-state index in [1.54, 1.807) is 45.9 Å². The molecule has 3 amide bonds. The van der Waals surface area contributed by atoms with E-state index in [0.29, 0.717) is 25.3 Å². The molecule has 3 saturated carbocycles. The van der Waals surface area contributed by atoms with Crippen LogP contribution < -0.4 is 20.1 Å². The number of halogens is 2. The van der Waals surface area contributed by atoms with E-state index in [1.165, 1.54) is 19.1 Å². The largest absolute Gasteiger partial charge is 0.468 e. The first kappa shape index (κ1) is 42.8. The number of amides is 3. The standard InChI is InChI=1S/C39H54F2N6O9S/c1-6-23-20-38(23,34(50)46-57(53,54)25-16-17-25)45-31(48)28-21-37(5,22-47(28)33(49)30(36(2,3)4)44-35(51)52)56-32-29(42-26-14-9-10-15-27(26)43-32)39(40,41)18-11-19-55-24-12-7-8-13-24/h9-11,14-15,18,23-25,28,30,35,44,51-52H,6-8,12-13,16-17,19-22H2,1-5H3,(H,45,48)(H,46,50)/b18-11+/t23-,28+,30-,37-,38-/m1/s1. The van der Waals surface area contributed by atoms with Crippen LogP contribution in [0, 0.1) is 11.3 Å². The molecule has 2 heterocycles. The third-order valence-electron chi connectivity index (χ3n) is 11.3. The Morgan fingerprint density at radius 1 is 1.05 bits per heavy atom. The molecule has 18 heteroatoms. The maximum absolute atomic E-state index is 16.1. The van der Waals surface area contributed by atoms with Gasteiger partial charge in [-0.05, 0) is 68.6 Å². The number of para-hydroxylation sites is 2. The summed E-state index contributed by atoms with van der Waals surface area (Å²) in [6.07, 6.45) is 4.78. The number of benzene rings is 1. The Hall–Kier alpha value is -3.84. The lowest BCUT2D eigenvalue weighted by molar-refractivity contribution is -0.148. The zero-order valence-electron chi connectivity index (χ0n) is 33.0. The van der Waals surface area contributed by atoms with E-state index in [0.717, 1.165) is 30.6 Å². The normalized spacial score (nSPS) is 26.3. The van der Waals surface area contributed by atoms with Crippen LogP contribution >= 0.6 is 0 Å². The lowest BCUT2D eigenvalue weighted by Gasteiger charge is -2.36. The summed E-state index contributed by atoms with van der Waals surface area (Å²) in [6.45, 7) is 7.97. The van der Waals surface area contributed by atoms with Crippen molar-refractivity contribution in [1.29, 1.82) is 0 Å². The number of carbonyl (C=O) groups is 3. The van der Waals surface area contributed by atoms with E-state index in [9.17, 15) is 33.0 Å². The zero-order valence-corrected chi connectivity index (χ0v) is 33.8. The lowest BCUT2D eigenvalue weighted by atomic mass is 9.85. The van der Waals surface area contributed by atoms with Crippen molar-refractivity contribution >= 4 is 38.8 Å². The summed E-state index contributed by atoms with van der Waals surface area (Å²) in [5.74, 6) is -7.02. The monoisotopic (exact) mass is 820 g/mol. The Labute approximate surface area is 331 Å². The molecule has 0 unspecified atom stereocenters. The molecule has 314 valence electrons. The number of alkyl halides is 2. The molecular weight excluding hydrogens is 767 g/mol. The van der Waals surface area contributed by atoms with E-state index < -0.39 is 91.5 Å². The number of rotatable bonds is 16. The zero-order chi connectivity index (χ0) is 41.6. The van der Waals surface area contributed by atoms with E-state index >= 15 is 8.78 Å². The molecule has 57 heavy (non-hydrogen) atoms. The van der Waals surface area contributed by atoms with Crippen molar-refractivity contribution in [3.63, 3.8) is 0 Å². The first-order chi connectivity index (χ1) is 26.7. The first-order valence-corrected chi connectivity index (χ1v) is 21.2. The smallest absolute Gasteiger partial charge is 0.313 e. The van der Waals surface area contributed by atoms with Gasteiger partial charge in [0, 0.05) is 6.42 Å². The second kappa shape index (κ2) is 16.1. The Morgan fingerprint density at radius 3 is 2.28 bits per heavy atom. The molecule has 6 rings (SSSR count). The van der Waals surface area contributed by atoms with Gasteiger partial charge < -0.3 is 29.9 Å². The fourth-order valence-corrected chi connectivity index (χ4v) is 9.29. The Kier molecular flexibility index (Phi) is 12.1. The molecule has 2 aromatic rings. The number of hydrogen-bond acceptors (Lipinski definition) is 12. The van der Waals surface area contributed by atoms with Crippen LogP contribution in [-0.4, -0.2) is 105 Å². The number of aliphatic hydroxyl groups excluding tert-OH is 1. The number of aromatic nitrogens is 2. The maximum Gasteiger partial charge on any atom is 0.313 e. The van der Waals surface area contributed by atoms with Gasteiger partial charge in [0.05, 0.1) is 41.6 Å². The minimum absolute atomic E-state index is 0.0160. The quantitative estimate of drug-likeness (QED) is 0.122. The molecule has 0 bridgehead atoms. The van der Waals surface area contributed by atoms with Crippen molar-refractivity contribution in [1.82, 2.24) is 30.2 Å². The highest BCUT2D eigenvalue weighted by Crippen LogP contribution is 2.47. The number of nitrogens with zero attached hydrogens (tertiary/aromatic N) is 3. The van der Waals surface area contributed by atoms with Gasteiger partial charge in [-0.3, -0.25) is 24.4 Å². The van der Waals surface area contributed by atoms with Gasteiger partial charge >= 0.3 is 5.92 Å². The van der Waals surface area contributed by atoms with Gasteiger partial charge in [0.15, 0.2) is 5.69 Å². The number of sulfonamides is 1. The van der Waals surface area contributed by atoms with Crippen LogP contribution in [0.5, 0.6) is 5.88 Å². The number of carbonyl (C=O) groups excluding carboxylic acids is 3. The minimum atomic E-state index is -3.95. The van der Waals surface area contributed by atoms with Crippen LogP contribution in [0.1, 0.15) is 98.1 Å². The van der Waals surface area contributed by atoms with E-state index in [-0.39, 0.29) is 43.1 Å². The van der Waals surface area contributed by atoms with Crippen molar-refractivity contribution in [2.45, 2.75) is 139 Å².